The molecule has 4 aromatic rings. The number of fused-ring (bicyclic) bond motifs is 1. The van der Waals surface area contributed by atoms with E-state index in [9.17, 15) is 18.0 Å². The predicted molar refractivity (Wildman–Crippen MR) is 128 cm³/mol. The van der Waals surface area contributed by atoms with Crippen LogP contribution in [0.15, 0.2) is 68.8 Å². The topological polar surface area (TPSA) is 129 Å². The van der Waals surface area contributed by atoms with Crippen LogP contribution in [-0.4, -0.2) is 36.7 Å². The first kappa shape index (κ1) is 24.0. The van der Waals surface area contributed by atoms with Crippen molar-refractivity contribution in [1.29, 1.82) is 0 Å². The lowest BCUT2D eigenvalue weighted by atomic mass is 10.2. The molecule has 0 radical (unpaired) electrons. The second-order valence-electron chi connectivity index (χ2n) is 7.59. The quantitative estimate of drug-likeness (QED) is 0.393. The maximum absolute atomic E-state index is 13.0. The van der Waals surface area contributed by atoms with Crippen molar-refractivity contribution in [3.63, 3.8) is 0 Å². The van der Waals surface area contributed by atoms with Gasteiger partial charge < -0.3 is 19.3 Å². The fourth-order valence-electron chi connectivity index (χ4n) is 3.41. The third kappa shape index (κ3) is 5.04. The number of sulfone groups is 1. The van der Waals surface area contributed by atoms with E-state index in [1.54, 1.807) is 37.3 Å². The second kappa shape index (κ2) is 9.63. The average Bonchev–Trinajstić information content (AvgIpc) is 3.23. The number of hydrogen-bond acceptors (Lipinski definition) is 8. The van der Waals surface area contributed by atoms with Gasteiger partial charge in [-0.05, 0) is 37.3 Å². The van der Waals surface area contributed by atoms with E-state index in [1.165, 1.54) is 38.3 Å². The summed E-state index contributed by atoms with van der Waals surface area (Å²) in [6.07, 6.45) is 0. The molecule has 0 unspecified atom stereocenters. The molecular weight excluding hydrogens is 474 g/mol. The Labute approximate surface area is 201 Å². The van der Waals surface area contributed by atoms with Crippen LogP contribution in [0.4, 0.5) is 5.69 Å². The van der Waals surface area contributed by atoms with Crippen molar-refractivity contribution in [2.45, 2.75) is 25.3 Å². The Bertz CT molecular complexity index is 1570. The number of methoxy groups -OCH3 is 1. The number of nitrogens with one attached hydrogen (secondary N) is 1. The molecule has 2 aromatic carbocycles. The van der Waals surface area contributed by atoms with Crippen molar-refractivity contribution in [2.75, 3.05) is 18.2 Å². The van der Waals surface area contributed by atoms with Crippen molar-refractivity contribution in [3.05, 3.63) is 82.0 Å². The number of nitrogens with zero attached hydrogens (tertiary/aromatic N) is 2. The molecular formula is C24H23N3O7S. The molecule has 10 nitrogen and oxygen atoms in total. The largest absolute Gasteiger partial charge is 0.496 e. The summed E-state index contributed by atoms with van der Waals surface area (Å²) in [6.45, 7) is 3.13. The van der Waals surface area contributed by atoms with Crippen molar-refractivity contribution < 1.29 is 27.2 Å². The van der Waals surface area contributed by atoms with Gasteiger partial charge in [0.1, 0.15) is 23.9 Å². The van der Waals surface area contributed by atoms with Gasteiger partial charge >= 0.3 is 0 Å². The maximum atomic E-state index is 13.0. The molecule has 0 atom stereocenters. The summed E-state index contributed by atoms with van der Waals surface area (Å²) in [4.78, 5) is 29.6. The van der Waals surface area contributed by atoms with Crippen LogP contribution in [0.25, 0.3) is 5.65 Å². The molecule has 0 saturated carbocycles. The molecule has 0 aliphatic rings. The third-order valence-corrected chi connectivity index (χ3v) is 6.92. The van der Waals surface area contributed by atoms with Gasteiger partial charge in [-0.25, -0.2) is 13.4 Å². The van der Waals surface area contributed by atoms with Gasteiger partial charge in [0.2, 0.25) is 0 Å². The molecule has 182 valence electrons. The predicted octanol–water partition coefficient (Wildman–Crippen LogP) is 3.23. The van der Waals surface area contributed by atoms with Gasteiger partial charge in [0.15, 0.2) is 15.5 Å². The summed E-state index contributed by atoms with van der Waals surface area (Å²) in [5.41, 5.74) is 0.675. The number of benzene rings is 2. The molecule has 0 aliphatic heterocycles. The van der Waals surface area contributed by atoms with Crippen molar-refractivity contribution in [2.24, 2.45) is 0 Å². The van der Waals surface area contributed by atoms with Crippen LogP contribution in [0.3, 0.4) is 0 Å². The van der Waals surface area contributed by atoms with E-state index in [0.29, 0.717) is 22.9 Å². The van der Waals surface area contributed by atoms with Crippen molar-refractivity contribution >= 4 is 27.1 Å². The van der Waals surface area contributed by atoms with Crippen molar-refractivity contribution in [1.82, 2.24) is 9.56 Å². The summed E-state index contributed by atoms with van der Waals surface area (Å²) in [5.74, 6) is 0.476. The number of carbonyl (C=O) groups is 1. The zero-order chi connectivity index (χ0) is 25.2. The highest BCUT2D eigenvalue weighted by atomic mass is 32.2. The minimum Gasteiger partial charge on any atom is -0.496 e. The van der Waals surface area contributed by atoms with Crippen LogP contribution in [0, 0.1) is 6.92 Å². The van der Waals surface area contributed by atoms with Gasteiger partial charge in [0.05, 0.1) is 34.7 Å². The first-order chi connectivity index (χ1) is 16.7. The Morgan fingerprint density at radius 1 is 1.11 bits per heavy atom. The summed E-state index contributed by atoms with van der Waals surface area (Å²) in [5, 5.41) is 2.71. The summed E-state index contributed by atoms with van der Waals surface area (Å²) in [7, 11) is -2.10. The van der Waals surface area contributed by atoms with E-state index >= 15 is 0 Å². The smallest absolute Gasteiger partial charge is 0.287 e. The summed E-state index contributed by atoms with van der Waals surface area (Å²) < 4.78 is 42.3. The lowest BCUT2D eigenvalue weighted by Gasteiger charge is -2.15. The Kier molecular flexibility index (Phi) is 6.61. The van der Waals surface area contributed by atoms with Crippen LogP contribution in [0.1, 0.15) is 28.7 Å². The highest BCUT2D eigenvalue weighted by Gasteiger charge is 2.19. The monoisotopic (exact) mass is 497 g/mol. The first-order valence-electron chi connectivity index (χ1n) is 10.7. The normalized spacial score (nSPS) is 11.4. The fourth-order valence-corrected chi connectivity index (χ4v) is 4.32. The molecule has 0 spiro atoms. The maximum Gasteiger partial charge on any atom is 0.287 e. The van der Waals surface area contributed by atoms with Gasteiger partial charge in [-0.15, -0.1) is 4.57 Å². The van der Waals surface area contributed by atoms with Gasteiger partial charge in [-0.2, -0.15) is 0 Å². The van der Waals surface area contributed by atoms with Crippen molar-refractivity contribution in [3.8, 4) is 11.5 Å². The number of carbonyl (C=O) groups excluding carboxylic acids is 1. The van der Waals surface area contributed by atoms with Crippen LogP contribution in [-0.2, 0) is 16.4 Å². The molecule has 2 aromatic heterocycles. The molecule has 0 fully saturated rings. The van der Waals surface area contributed by atoms with Crippen LogP contribution in [0.2, 0.25) is 0 Å². The van der Waals surface area contributed by atoms with E-state index in [1.807, 2.05) is 0 Å². The minimum atomic E-state index is -3.54. The van der Waals surface area contributed by atoms with E-state index in [0.717, 1.165) is 4.57 Å². The Hall–Kier alpha value is -4.12. The minimum absolute atomic E-state index is 0.0364. The number of anilines is 1. The molecule has 11 heteroatoms. The fraction of sp³-hybridized carbons (Fsp3) is 0.208. The number of aromatic nitrogens is 2. The summed E-state index contributed by atoms with van der Waals surface area (Å²) >= 11 is 0. The zero-order valence-electron chi connectivity index (χ0n) is 19.3. The van der Waals surface area contributed by atoms with Crippen LogP contribution >= 0.6 is 0 Å². The molecule has 1 amide bonds. The Morgan fingerprint density at radius 3 is 2.63 bits per heavy atom. The highest BCUT2D eigenvalue weighted by Crippen LogP contribution is 2.30. The second-order valence-corrected chi connectivity index (χ2v) is 9.87. The molecule has 4 rings (SSSR count). The third-order valence-electron chi connectivity index (χ3n) is 5.19. The lowest BCUT2D eigenvalue weighted by molar-refractivity contribution is 0.102. The standard InChI is InChI=1S/C24H23N3O7S/c1-4-35(30,31)17-9-10-21(19(13-17)26-24(29)18-7-5-6-8-20(18)32-3)33-14-16-12-23(28)27-22(25-16)11-15(2)34-27/h5-13H,4,14H2,1-3H3,(H,26,29). The van der Waals surface area contributed by atoms with E-state index in [4.69, 9.17) is 14.0 Å². The Balaban J connectivity index is 1.67. The van der Waals surface area contributed by atoms with Crippen LogP contribution < -0.4 is 20.3 Å². The SMILES string of the molecule is CCS(=O)(=O)c1ccc(OCc2cc(=O)n3oc(C)cc3n2)c(NC(=O)c2ccccc2OC)c1. The number of para-hydroxylation sites is 1. The van der Waals surface area contributed by atoms with Crippen LogP contribution in [0.5, 0.6) is 11.5 Å². The first-order valence-corrected chi connectivity index (χ1v) is 12.3. The number of ether oxygens (including phenoxy) is 2. The molecule has 0 aliphatic carbocycles. The van der Waals surface area contributed by atoms with Gasteiger partial charge in [-0.1, -0.05) is 19.1 Å². The highest BCUT2D eigenvalue weighted by molar-refractivity contribution is 7.91. The van der Waals surface area contributed by atoms with E-state index < -0.39 is 21.3 Å². The molecule has 0 saturated heterocycles. The average molecular weight is 498 g/mol. The van der Waals surface area contributed by atoms with E-state index in [-0.39, 0.29) is 34.3 Å². The number of aryl methyl sites for hydroxylation is 1. The number of rotatable bonds is 8. The molecule has 0 bridgehead atoms. The summed E-state index contributed by atoms with van der Waals surface area (Å²) in [6, 6.07) is 13.7. The Morgan fingerprint density at radius 2 is 1.89 bits per heavy atom. The molecule has 1 N–H and O–H groups in total. The molecule has 2 heterocycles. The van der Waals surface area contributed by atoms with Gasteiger partial charge in [0, 0.05) is 12.1 Å². The van der Waals surface area contributed by atoms with Gasteiger partial charge in [0.25, 0.3) is 11.5 Å². The molecule has 35 heavy (non-hydrogen) atoms. The van der Waals surface area contributed by atoms with E-state index in [2.05, 4.69) is 10.3 Å². The lowest BCUT2D eigenvalue weighted by Crippen LogP contribution is -2.16. The number of hydrogen-bond donors (Lipinski definition) is 1. The zero-order valence-corrected chi connectivity index (χ0v) is 20.1. The van der Waals surface area contributed by atoms with Gasteiger partial charge in [-0.3, -0.25) is 9.59 Å². The number of amides is 1.